The van der Waals surface area contributed by atoms with Gasteiger partial charge in [-0.1, -0.05) is 23.7 Å². The van der Waals surface area contributed by atoms with Crippen molar-refractivity contribution in [1.82, 2.24) is 14.7 Å². The maximum atomic E-state index is 13.3. The molecule has 1 aromatic carbocycles. The van der Waals surface area contributed by atoms with E-state index in [0.717, 1.165) is 0 Å². The number of methoxy groups -OCH3 is 1. The van der Waals surface area contributed by atoms with E-state index in [-0.39, 0.29) is 35.6 Å². The number of hydrogen-bond acceptors (Lipinski definition) is 8. The lowest BCUT2D eigenvalue weighted by Gasteiger charge is -2.20. The fourth-order valence-corrected chi connectivity index (χ4v) is 3.38. The Morgan fingerprint density at radius 1 is 1.32 bits per heavy atom. The Morgan fingerprint density at radius 2 is 2.06 bits per heavy atom. The zero-order chi connectivity index (χ0) is 22.7. The second-order valence-corrected chi connectivity index (χ2v) is 6.96. The van der Waals surface area contributed by atoms with Gasteiger partial charge in [0, 0.05) is 5.02 Å². The summed E-state index contributed by atoms with van der Waals surface area (Å²) in [6.07, 6.45) is 0.267. The van der Waals surface area contributed by atoms with E-state index in [2.05, 4.69) is 15.5 Å². The number of anilines is 1. The Hall–Kier alpha value is -3.40. The number of esters is 1. The Balaban J connectivity index is 2.07. The summed E-state index contributed by atoms with van der Waals surface area (Å²) in [4.78, 5) is 42.7. The maximum Gasteiger partial charge on any atom is 0.361 e. The molecular weight excluding hydrogens is 428 g/mol. The molecule has 0 radical (unpaired) electrons. The number of ether oxygens (including phenoxy) is 2. The van der Waals surface area contributed by atoms with Crippen molar-refractivity contribution in [3.05, 3.63) is 45.1 Å². The van der Waals surface area contributed by atoms with Gasteiger partial charge in [0.1, 0.15) is 23.0 Å². The Labute approximate surface area is 182 Å². The van der Waals surface area contributed by atoms with Gasteiger partial charge in [0.2, 0.25) is 11.6 Å². The van der Waals surface area contributed by atoms with E-state index in [9.17, 15) is 14.4 Å². The monoisotopic (exact) mass is 448 g/mol. The molecule has 11 heteroatoms. The van der Waals surface area contributed by atoms with Crippen LogP contribution in [0.3, 0.4) is 0 Å². The summed E-state index contributed by atoms with van der Waals surface area (Å²) in [6, 6.07) is 3.86. The van der Waals surface area contributed by atoms with Gasteiger partial charge in [-0.3, -0.25) is 14.2 Å². The van der Waals surface area contributed by atoms with Crippen molar-refractivity contribution in [3.8, 4) is 5.75 Å². The fourth-order valence-electron chi connectivity index (χ4n) is 3.20. The third-order valence-corrected chi connectivity index (χ3v) is 4.84. The van der Waals surface area contributed by atoms with Crippen LogP contribution in [0.15, 0.2) is 27.5 Å². The van der Waals surface area contributed by atoms with Gasteiger partial charge < -0.3 is 19.3 Å². The molecule has 0 spiro atoms. The number of amides is 1. The molecule has 0 bridgehead atoms. The van der Waals surface area contributed by atoms with E-state index >= 15 is 0 Å². The summed E-state index contributed by atoms with van der Waals surface area (Å²) >= 11 is 6.03. The van der Waals surface area contributed by atoms with E-state index in [1.54, 1.807) is 39.0 Å². The first kappa shape index (κ1) is 22.3. The lowest BCUT2D eigenvalue weighted by Crippen LogP contribution is -2.35. The highest BCUT2D eigenvalue weighted by Crippen LogP contribution is 2.29. The predicted octanol–water partition coefficient (Wildman–Crippen LogP) is 3.12. The number of fused-ring (bicyclic) bond motifs is 1. The molecule has 1 atom stereocenters. The van der Waals surface area contributed by atoms with Crippen LogP contribution in [0, 0.1) is 6.92 Å². The number of carbonyl (C=O) groups is 2. The molecule has 1 N–H and O–H groups in total. The first-order valence-corrected chi connectivity index (χ1v) is 9.90. The van der Waals surface area contributed by atoms with Crippen LogP contribution >= 0.6 is 11.6 Å². The Morgan fingerprint density at radius 3 is 2.71 bits per heavy atom. The highest BCUT2D eigenvalue weighted by Gasteiger charge is 2.28. The smallest absolute Gasteiger partial charge is 0.361 e. The third kappa shape index (κ3) is 4.24. The number of hydrogen-bond donors (Lipinski definition) is 1. The van der Waals surface area contributed by atoms with Gasteiger partial charge in [0.25, 0.3) is 11.3 Å². The average Bonchev–Trinajstić information content (AvgIpc) is 3.15. The zero-order valence-electron chi connectivity index (χ0n) is 17.4. The number of carbonyl (C=O) groups excluding carboxylic acids is 2. The minimum atomic E-state index is -0.932. The van der Waals surface area contributed by atoms with Crippen LogP contribution in [0.1, 0.15) is 42.6 Å². The molecule has 1 amide bonds. The van der Waals surface area contributed by atoms with Crippen molar-refractivity contribution in [1.29, 1.82) is 0 Å². The topological polar surface area (TPSA) is 126 Å². The molecule has 3 rings (SSSR count). The maximum absolute atomic E-state index is 13.3. The van der Waals surface area contributed by atoms with E-state index in [1.165, 1.54) is 11.7 Å². The minimum Gasteiger partial charge on any atom is -0.495 e. The van der Waals surface area contributed by atoms with Gasteiger partial charge in [0.15, 0.2) is 0 Å². The van der Waals surface area contributed by atoms with E-state index in [0.29, 0.717) is 16.5 Å². The summed E-state index contributed by atoms with van der Waals surface area (Å²) in [6.45, 7) is 5.03. The van der Waals surface area contributed by atoms with E-state index in [4.69, 9.17) is 25.6 Å². The normalized spacial score (nSPS) is 11.9. The molecule has 0 unspecified atom stereocenters. The molecular formula is C20H21ClN4O6. The van der Waals surface area contributed by atoms with Crippen molar-refractivity contribution in [3.63, 3.8) is 0 Å². The predicted molar refractivity (Wildman–Crippen MR) is 113 cm³/mol. The SMILES string of the molecule is CCOC(=O)c1noc2nc(C)n([C@H](CC)C(=O)Nc3cc(Cl)ccc3OC)c(=O)c12. The molecule has 2 aromatic heterocycles. The first-order chi connectivity index (χ1) is 14.8. The van der Waals surface area contributed by atoms with Crippen LogP contribution in [0.2, 0.25) is 5.02 Å². The van der Waals surface area contributed by atoms with Crippen molar-refractivity contribution in [2.75, 3.05) is 19.0 Å². The van der Waals surface area contributed by atoms with Gasteiger partial charge in [0.05, 0.1) is 19.4 Å². The van der Waals surface area contributed by atoms with Crippen molar-refractivity contribution >= 4 is 40.3 Å². The van der Waals surface area contributed by atoms with Crippen molar-refractivity contribution in [2.24, 2.45) is 0 Å². The van der Waals surface area contributed by atoms with Gasteiger partial charge in [-0.2, -0.15) is 4.98 Å². The number of benzene rings is 1. The molecule has 31 heavy (non-hydrogen) atoms. The van der Waals surface area contributed by atoms with Crippen molar-refractivity contribution in [2.45, 2.75) is 33.2 Å². The highest BCUT2D eigenvalue weighted by molar-refractivity contribution is 6.31. The molecule has 164 valence electrons. The van der Waals surface area contributed by atoms with Gasteiger partial charge in [-0.25, -0.2) is 4.79 Å². The molecule has 0 saturated carbocycles. The molecule has 0 aliphatic carbocycles. The molecule has 10 nitrogen and oxygen atoms in total. The van der Waals surface area contributed by atoms with Crippen LogP contribution in [-0.4, -0.2) is 40.3 Å². The summed E-state index contributed by atoms with van der Waals surface area (Å²) < 4.78 is 16.4. The number of nitrogens with zero attached hydrogens (tertiary/aromatic N) is 3. The Bertz CT molecular complexity index is 1200. The average molecular weight is 449 g/mol. The largest absolute Gasteiger partial charge is 0.495 e. The van der Waals surface area contributed by atoms with Gasteiger partial charge in [-0.05, 0) is 38.5 Å². The van der Waals surface area contributed by atoms with Crippen LogP contribution in [-0.2, 0) is 9.53 Å². The van der Waals surface area contributed by atoms with Crippen LogP contribution in [0.25, 0.3) is 11.1 Å². The number of aryl methyl sites for hydroxylation is 1. The number of rotatable bonds is 7. The molecule has 3 aromatic rings. The van der Waals surface area contributed by atoms with Crippen LogP contribution in [0.5, 0.6) is 5.75 Å². The van der Waals surface area contributed by atoms with Gasteiger partial charge >= 0.3 is 5.97 Å². The standard InChI is InChI=1S/C20H21ClN4O6/c1-5-13(17(26)23-12-9-11(21)7-8-14(12)29-4)25-10(3)22-18-15(19(25)27)16(24-31-18)20(28)30-6-2/h7-9,13H,5-6H2,1-4H3,(H,23,26)/t13-/m1/s1. The summed E-state index contributed by atoms with van der Waals surface area (Å²) in [7, 11) is 1.46. The lowest BCUT2D eigenvalue weighted by molar-refractivity contribution is -0.119. The van der Waals surface area contributed by atoms with E-state index < -0.39 is 23.5 Å². The molecule has 2 heterocycles. The molecule has 0 fully saturated rings. The summed E-state index contributed by atoms with van der Waals surface area (Å²) in [5.74, 6) is -0.654. The highest BCUT2D eigenvalue weighted by atomic mass is 35.5. The zero-order valence-corrected chi connectivity index (χ0v) is 18.1. The van der Waals surface area contributed by atoms with Crippen LogP contribution < -0.4 is 15.6 Å². The molecule has 0 aliphatic rings. The minimum absolute atomic E-state index is 0.0993. The van der Waals surface area contributed by atoms with Crippen LogP contribution in [0.4, 0.5) is 5.69 Å². The second-order valence-electron chi connectivity index (χ2n) is 6.52. The number of nitrogens with one attached hydrogen (secondary N) is 1. The van der Waals surface area contributed by atoms with Gasteiger partial charge in [-0.15, -0.1) is 0 Å². The third-order valence-electron chi connectivity index (χ3n) is 4.61. The first-order valence-electron chi connectivity index (χ1n) is 9.52. The number of aromatic nitrogens is 3. The number of halogens is 1. The van der Waals surface area contributed by atoms with E-state index in [1.807, 2.05) is 0 Å². The molecule has 0 saturated heterocycles. The quantitative estimate of drug-likeness (QED) is 0.546. The lowest BCUT2D eigenvalue weighted by atomic mass is 10.1. The molecule has 0 aliphatic heterocycles. The summed E-state index contributed by atoms with van der Waals surface area (Å²) in [5, 5.41) is 6.63. The second kappa shape index (κ2) is 9.17. The Kier molecular flexibility index (Phi) is 6.59. The van der Waals surface area contributed by atoms with Crippen molar-refractivity contribution < 1.29 is 23.6 Å². The fraction of sp³-hybridized carbons (Fsp3) is 0.350. The summed E-state index contributed by atoms with van der Waals surface area (Å²) in [5.41, 5.74) is -0.661.